The van der Waals surface area contributed by atoms with E-state index in [1.54, 1.807) is 31.4 Å². The highest BCUT2D eigenvalue weighted by molar-refractivity contribution is 6.21. The number of aryl methyl sites for hydroxylation is 1. The molecule has 0 bridgehead atoms. The van der Waals surface area contributed by atoms with E-state index in [-0.39, 0.29) is 24.8 Å². The van der Waals surface area contributed by atoms with Gasteiger partial charge in [-0.1, -0.05) is 12.1 Å². The van der Waals surface area contributed by atoms with E-state index in [2.05, 4.69) is 4.98 Å². The highest BCUT2D eigenvalue weighted by atomic mass is 16.5. The van der Waals surface area contributed by atoms with Gasteiger partial charge in [0.15, 0.2) is 0 Å². The summed E-state index contributed by atoms with van der Waals surface area (Å²) in [7, 11) is 1.58. The van der Waals surface area contributed by atoms with Gasteiger partial charge in [-0.15, -0.1) is 0 Å². The van der Waals surface area contributed by atoms with Crippen molar-refractivity contribution in [2.75, 3.05) is 13.7 Å². The van der Waals surface area contributed by atoms with E-state index in [4.69, 9.17) is 9.84 Å². The first-order valence-corrected chi connectivity index (χ1v) is 9.34. The minimum absolute atomic E-state index is 0.00995. The molecule has 2 heterocycles. The number of rotatable bonds is 7. The zero-order chi connectivity index (χ0) is 20.5. The third-order valence-corrected chi connectivity index (χ3v) is 5.25. The van der Waals surface area contributed by atoms with Gasteiger partial charge < -0.3 is 14.8 Å². The minimum Gasteiger partial charge on any atom is -0.497 e. The Morgan fingerprint density at radius 1 is 1.07 bits per heavy atom. The van der Waals surface area contributed by atoms with Crippen LogP contribution in [0.3, 0.4) is 0 Å². The summed E-state index contributed by atoms with van der Waals surface area (Å²) in [6.45, 7) is 0.219. The lowest BCUT2D eigenvalue weighted by molar-refractivity contribution is -0.136. The maximum Gasteiger partial charge on any atom is 0.303 e. The molecule has 3 aromatic rings. The van der Waals surface area contributed by atoms with Gasteiger partial charge >= 0.3 is 5.97 Å². The second kappa shape index (κ2) is 7.43. The van der Waals surface area contributed by atoms with Crippen LogP contribution < -0.4 is 4.74 Å². The van der Waals surface area contributed by atoms with Crippen LogP contribution in [-0.2, 0) is 17.6 Å². The number of aromatic amines is 1. The predicted octanol–water partition coefficient (Wildman–Crippen LogP) is 3.03. The lowest BCUT2D eigenvalue weighted by atomic mass is 10.0. The number of carboxylic acids is 1. The summed E-state index contributed by atoms with van der Waals surface area (Å²) in [5.74, 6) is -0.791. The molecule has 7 nitrogen and oxygen atoms in total. The van der Waals surface area contributed by atoms with Gasteiger partial charge in [-0.2, -0.15) is 0 Å². The number of aromatic nitrogens is 1. The van der Waals surface area contributed by atoms with Gasteiger partial charge in [0, 0.05) is 23.1 Å². The van der Waals surface area contributed by atoms with Gasteiger partial charge in [-0.25, -0.2) is 0 Å². The fraction of sp³-hybridized carbons (Fsp3) is 0.227. The Morgan fingerprint density at radius 2 is 1.76 bits per heavy atom. The van der Waals surface area contributed by atoms with Gasteiger partial charge in [0.25, 0.3) is 11.8 Å². The van der Waals surface area contributed by atoms with E-state index >= 15 is 0 Å². The molecule has 0 fully saturated rings. The first-order valence-electron chi connectivity index (χ1n) is 9.34. The molecule has 0 saturated heterocycles. The Labute approximate surface area is 166 Å². The molecule has 0 unspecified atom stereocenters. The van der Waals surface area contributed by atoms with Crippen LogP contribution in [0.1, 0.15) is 38.4 Å². The van der Waals surface area contributed by atoms with E-state index in [0.717, 1.165) is 22.2 Å². The van der Waals surface area contributed by atoms with Gasteiger partial charge in [-0.3, -0.25) is 19.3 Å². The third-order valence-electron chi connectivity index (χ3n) is 5.25. The molecule has 2 aromatic carbocycles. The molecule has 2 amide bonds. The van der Waals surface area contributed by atoms with Gasteiger partial charge in [-0.05, 0) is 48.7 Å². The normalized spacial score (nSPS) is 13.2. The smallest absolute Gasteiger partial charge is 0.303 e. The molecule has 2 N–H and O–H groups in total. The monoisotopic (exact) mass is 392 g/mol. The second-order valence-corrected chi connectivity index (χ2v) is 6.94. The van der Waals surface area contributed by atoms with E-state index in [1.807, 2.05) is 18.2 Å². The Kier molecular flexibility index (Phi) is 4.80. The van der Waals surface area contributed by atoms with E-state index in [0.29, 0.717) is 29.7 Å². The number of imide groups is 1. The van der Waals surface area contributed by atoms with E-state index in [1.165, 1.54) is 4.90 Å². The molecule has 1 aromatic heterocycles. The maximum absolute atomic E-state index is 12.6. The number of benzene rings is 2. The molecule has 0 atom stereocenters. The fourth-order valence-electron chi connectivity index (χ4n) is 3.81. The van der Waals surface area contributed by atoms with Crippen molar-refractivity contribution in [3.8, 4) is 5.75 Å². The molecule has 0 aliphatic carbocycles. The SMILES string of the molecule is COc1ccc2[nH]c(CCC(=O)O)c(CCN3C(=O)c4ccccc4C3=O)c2c1. The largest absolute Gasteiger partial charge is 0.497 e. The van der Waals surface area contributed by atoms with Crippen molar-refractivity contribution in [3.63, 3.8) is 0 Å². The highest BCUT2D eigenvalue weighted by Crippen LogP contribution is 2.29. The summed E-state index contributed by atoms with van der Waals surface area (Å²) in [6, 6.07) is 12.4. The van der Waals surface area contributed by atoms with Crippen LogP contribution in [0.25, 0.3) is 10.9 Å². The van der Waals surface area contributed by atoms with Crippen LogP contribution in [0.4, 0.5) is 0 Å². The van der Waals surface area contributed by atoms with Crippen molar-refractivity contribution in [2.24, 2.45) is 0 Å². The quantitative estimate of drug-likeness (QED) is 0.602. The van der Waals surface area contributed by atoms with Crippen LogP contribution >= 0.6 is 0 Å². The number of fused-ring (bicyclic) bond motifs is 2. The number of ether oxygens (including phenoxy) is 1. The molecular formula is C22H20N2O5. The van der Waals surface area contributed by atoms with Crippen LogP contribution in [-0.4, -0.2) is 46.4 Å². The average molecular weight is 392 g/mol. The van der Waals surface area contributed by atoms with Gasteiger partial charge in [0.2, 0.25) is 0 Å². The van der Waals surface area contributed by atoms with Crippen LogP contribution in [0.2, 0.25) is 0 Å². The molecule has 29 heavy (non-hydrogen) atoms. The summed E-state index contributed by atoms with van der Waals surface area (Å²) in [6.07, 6.45) is 0.751. The summed E-state index contributed by atoms with van der Waals surface area (Å²) < 4.78 is 5.31. The molecule has 0 saturated carbocycles. The highest BCUT2D eigenvalue weighted by Gasteiger charge is 2.34. The number of nitrogens with zero attached hydrogens (tertiary/aromatic N) is 1. The number of carbonyl (C=O) groups is 3. The zero-order valence-corrected chi connectivity index (χ0v) is 15.9. The maximum atomic E-state index is 12.6. The third kappa shape index (κ3) is 3.35. The molecule has 0 radical (unpaired) electrons. The fourth-order valence-corrected chi connectivity index (χ4v) is 3.81. The van der Waals surface area contributed by atoms with Crippen molar-refractivity contribution in [2.45, 2.75) is 19.3 Å². The van der Waals surface area contributed by atoms with Crippen LogP contribution in [0, 0.1) is 0 Å². The van der Waals surface area contributed by atoms with Crippen molar-refractivity contribution in [3.05, 3.63) is 64.8 Å². The second-order valence-electron chi connectivity index (χ2n) is 6.94. The summed E-state index contributed by atoms with van der Waals surface area (Å²) in [5, 5.41) is 9.97. The molecule has 7 heteroatoms. The summed E-state index contributed by atoms with van der Waals surface area (Å²) in [5.41, 5.74) is 3.40. The number of hydrogen-bond acceptors (Lipinski definition) is 4. The standard InChI is InChI=1S/C22H20N2O5/c1-29-13-6-7-19-17(12-13)14(18(23-19)8-9-20(25)26)10-11-24-21(27)15-4-2-3-5-16(15)22(24)28/h2-7,12,23H,8-11H2,1H3,(H,25,26). The molecule has 1 aliphatic heterocycles. The van der Waals surface area contributed by atoms with Gasteiger partial charge in [0.05, 0.1) is 24.7 Å². The lowest BCUT2D eigenvalue weighted by Gasteiger charge is -2.14. The first-order chi connectivity index (χ1) is 14.0. The van der Waals surface area contributed by atoms with Gasteiger partial charge in [0.1, 0.15) is 5.75 Å². The Bertz CT molecular complexity index is 1100. The Balaban J connectivity index is 1.64. The van der Waals surface area contributed by atoms with Crippen molar-refractivity contribution in [1.29, 1.82) is 0 Å². The number of amides is 2. The number of aliphatic carboxylic acids is 1. The minimum atomic E-state index is -0.882. The first kappa shape index (κ1) is 18.7. The number of nitrogens with one attached hydrogen (secondary N) is 1. The lowest BCUT2D eigenvalue weighted by Crippen LogP contribution is -2.31. The van der Waals surface area contributed by atoms with E-state index in [9.17, 15) is 14.4 Å². The number of hydrogen-bond donors (Lipinski definition) is 2. The molecule has 1 aliphatic rings. The van der Waals surface area contributed by atoms with Crippen molar-refractivity contribution >= 4 is 28.7 Å². The number of methoxy groups -OCH3 is 1. The zero-order valence-electron chi connectivity index (χ0n) is 15.9. The number of carboxylic acid groups (broad SMARTS) is 1. The summed E-state index contributed by atoms with van der Waals surface area (Å²) >= 11 is 0. The Morgan fingerprint density at radius 3 is 2.38 bits per heavy atom. The van der Waals surface area contributed by atoms with Crippen molar-refractivity contribution in [1.82, 2.24) is 9.88 Å². The average Bonchev–Trinajstić information content (AvgIpc) is 3.19. The molecule has 0 spiro atoms. The topological polar surface area (TPSA) is 99.7 Å². The van der Waals surface area contributed by atoms with Crippen molar-refractivity contribution < 1.29 is 24.2 Å². The molecule has 148 valence electrons. The van der Waals surface area contributed by atoms with Crippen LogP contribution in [0.15, 0.2) is 42.5 Å². The Hall–Kier alpha value is -3.61. The molecule has 4 rings (SSSR count). The predicted molar refractivity (Wildman–Crippen MR) is 106 cm³/mol. The summed E-state index contributed by atoms with van der Waals surface area (Å²) in [4.78, 5) is 40.8. The number of carbonyl (C=O) groups excluding carboxylic acids is 2. The van der Waals surface area contributed by atoms with E-state index < -0.39 is 5.97 Å². The number of H-pyrrole nitrogens is 1. The molecular weight excluding hydrogens is 372 g/mol. The van der Waals surface area contributed by atoms with Crippen LogP contribution in [0.5, 0.6) is 5.75 Å².